The maximum Gasteiger partial charge on any atom is 0.0732 e. The lowest BCUT2D eigenvalue weighted by molar-refractivity contribution is 0.107. The Bertz CT molecular complexity index is 317. The highest BCUT2D eigenvalue weighted by atomic mass is 35.5. The van der Waals surface area contributed by atoms with Crippen LogP contribution < -0.4 is 5.73 Å². The Morgan fingerprint density at radius 1 is 1.40 bits per heavy atom. The second-order valence-electron chi connectivity index (χ2n) is 3.42. The van der Waals surface area contributed by atoms with Gasteiger partial charge >= 0.3 is 0 Å². The number of rotatable bonds is 5. The predicted molar refractivity (Wildman–Crippen MR) is 64.4 cm³/mol. The first-order chi connectivity index (χ1) is 7.13. The van der Waals surface area contributed by atoms with Crippen LogP contribution >= 0.6 is 23.2 Å². The Morgan fingerprint density at radius 3 is 2.80 bits per heavy atom. The van der Waals surface area contributed by atoms with E-state index in [-0.39, 0.29) is 6.04 Å². The van der Waals surface area contributed by atoms with E-state index < -0.39 is 0 Å². The molecule has 0 saturated heterocycles. The van der Waals surface area contributed by atoms with Crippen LogP contribution in [-0.2, 0) is 11.3 Å². The molecule has 0 aliphatic rings. The van der Waals surface area contributed by atoms with Gasteiger partial charge in [0, 0.05) is 16.1 Å². The van der Waals surface area contributed by atoms with Crippen molar-refractivity contribution in [3.63, 3.8) is 0 Å². The van der Waals surface area contributed by atoms with Gasteiger partial charge in [-0.05, 0) is 30.2 Å². The van der Waals surface area contributed by atoms with Crippen LogP contribution in [0.15, 0.2) is 18.2 Å². The summed E-state index contributed by atoms with van der Waals surface area (Å²) in [6.45, 7) is 3.02. The molecule has 0 heterocycles. The molecule has 0 fully saturated rings. The van der Waals surface area contributed by atoms with Gasteiger partial charge in [0.2, 0.25) is 0 Å². The molecule has 1 unspecified atom stereocenters. The lowest BCUT2D eigenvalue weighted by Gasteiger charge is -2.10. The average Bonchev–Trinajstić information content (AvgIpc) is 2.23. The first-order valence-electron chi connectivity index (χ1n) is 4.90. The van der Waals surface area contributed by atoms with Crippen molar-refractivity contribution in [2.24, 2.45) is 5.73 Å². The standard InChI is InChI=1S/C11H15Cl2NO/c1-2-10(14)7-15-6-8-5-9(12)3-4-11(8)13/h3-5,10H,2,6-7,14H2,1H3. The molecule has 0 bridgehead atoms. The zero-order chi connectivity index (χ0) is 11.3. The molecule has 1 atom stereocenters. The number of hydrogen-bond acceptors (Lipinski definition) is 2. The van der Waals surface area contributed by atoms with E-state index in [1.807, 2.05) is 6.92 Å². The van der Waals surface area contributed by atoms with E-state index in [4.69, 9.17) is 33.7 Å². The normalized spacial score (nSPS) is 12.8. The van der Waals surface area contributed by atoms with Gasteiger partial charge in [0.1, 0.15) is 0 Å². The van der Waals surface area contributed by atoms with E-state index in [0.717, 1.165) is 12.0 Å². The van der Waals surface area contributed by atoms with Crippen molar-refractivity contribution in [3.8, 4) is 0 Å². The van der Waals surface area contributed by atoms with E-state index in [0.29, 0.717) is 23.3 Å². The molecule has 0 radical (unpaired) electrons. The lowest BCUT2D eigenvalue weighted by atomic mass is 10.2. The molecule has 84 valence electrons. The minimum absolute atomic E-state index is 0.0861. The van der Waals surface area contributed by atoms with Crippen molar-refractivity contribution in [1.29, 1.82) is 0 Å². The van der Waals surface area contributed by atoms with E-state index in [9.17, 15) is 0 Å². The summed E-state index contributed by atoms with van der Waals surface area (Å²) >= 11 is 11.8. The fourth-order valence-corrected chi connectivity index (χ4v) is 1.46. The van der Waals surface area contributed by atoms with Crippen LogP contribution in [-0.4, -0.2) is 12.6 Å². The summed E-state index contributed by atoms with van der Waals surface area (Å²) in [4.78, 5) is 0. The van der Waals surface area contributed by atoms with Crippen molar-refractivity contribution in [2.45, 2.75) is 26.0 Å². The summed E-state index contributed by atoms with van der Waals surface area (Å²) in [5.74, 6) is 0. The number of benzene rings is 1. The predicted octanol–water partition coefficient (Wildman–Crippen LogP) is 3.25. The molecule has 0 spiro atoms. The van der Waals surface area contributed by atoms with Crippen molar-refractivity contribution < 1.29 is 4.74 Å². The quantitative estimate of drug-likeness (QED) is 0.868. The number of halogens is 2. The molecular formula is C11H15Cl2NO. The van der Waals surface area contributed by atoms with Gasteiger partial charge in [-0.1, -0.05) is 30.1 Å². The maximum atomic E-state index is 5.98. The summed E-state index contributed by atoms with van der Waals surface area (Å²) in [5.41, 5.74) is 6.62. The van der Waals surface area contributed by atoms with Gasteiger partial charge in [0.25, 0.3) is 0 Å². The summed E-state index contributed by atoms with van der Waals surface area (Å²) in [7, 11) is 0. The fraction of sp³-hybridized carbons (Fsp3) is 0.455. The molecule has 0 saturated carbocycles. The highest BCUT2D eigenvalue weighted by molar-refractivity contribution is 6.33. The fourth-order valence-electron chi connectivity index (χ4n) is 1.09. The smallest absolute Gasteiger partial charge is 0.0732 e. The third kappa shape index (κ3) is 4.39. The molecule has 15 heavy (non-hydrogen) atoms. The largest absolute Gasteiger partial charge is 0.375 e. The molecule has 2 N–H and O–H groups in total. The molecular weight excluding hydrogens is 233 g/mol. The van der Waals surface area contributed by atoms with Crippen molar-refractivity contribution in [3.05, 3.63) is 33.8 Å². The van der Waals surface area contributed by atoms with Crippen LogP contribution in [0.4, 0.5) is 0 Å². The van der Waals surface area contributed by atoms with E-state index in [1.54, 1.807) is 18.2 Å². The molecule has 0 aliphatic heterocycles. The second-order valence-corrected chi connectivity index (χ2v) is 4.26. The summed E-state index contributed by atoms with van der Waals surface area (Å²) < 4.78 is 5.44. The molecule has 4 heteroatoms. The van der Waals surface area contributed by atoms with Gasteiger partial charge in [-0.15, -0.1) is 0 Å². The zero-order valence-corrected chi connectivity index (χ0v) is 10.2. The van der Waals surface area contributed by atoms with Crippen LogP contribution in [0.3, 0.4) is 0 Å². The van der Waals surface area contributed by atoms with Crippen LogP contribution in [0.1, 0.15) is 18.9 Å². The minimum Gasteiger partial charge on any atom is -0.375 e. The second kappa shape index (κ2) is 6.33. The molecule has 2 nitrogen and oxygen atoms in total. The molecule has 1 rings (SSSR count). The minimum atomic E-state index is 0.0861. The molecule has 1 aromatic carbocycles. The maximum absolute atomic E-state index is 5.98. The first-order valence-corrected chi connectivity index (χ1v) is 5.66. The summed E-state index contributed by atoms with van der Waals surface area (Å²) in [6, 6.07) is 5.41. The topological polar surface area (TPSA) is 35.2 Å². The van der Waals surface area contributed by atoms with Gasteiger partial charge in [0.15, 0.2) is 0 Å². The Labute approximate surface area is 100 Å². The van der Waals surface area contributed by atoms with Gasteiger partial charge in [-0.3, -0.25) is 0 Å². The summed E-state index contributed by atoms with van der Waals surface area (Å²) in [6.07, 6.45) is 0.906. The van der Waals surface area contributed by atoms with Crippen LogP contribution in [0.2, 0.25) is 10.0 Å². The van der Waals surface area contributed by atoms with Crippen molar-refractivity contribution in [1.82, 2.24) is 0 Å². The van der Waals surface area contributed by atoms with Crippen molar-refractivity contribution >= 4 is 23.2 Å². The number of ether oxygens (including phenoxy) is 1. The van der Waals surface area contributed by atoms with E-state index in [1.165, 1.54) is 0 Å². The third-order valence-corrected chi connectivity index (χ3v) is 2.73. The van der Waals surface area contributed by atoms with Gasteiger partial charge in [-0.2, -0.15) is 0 Å². The zero-order valence-electron chi connectivity index (χ0n) is 8.67. The van der Waals surface area contributed by atoms with Crippen LogP contribution in [0, 0.1) is 0 Å². The van der Waals surface area contributed by atoms with E-state index in [2.05, 4.69) is 0 Å². The van der Waals surface area contributed by atoms with Gasteiger partial charge in [-0.25, -0.2) is 0 Å². The molecule has 1 aromatic rings. The SMILES string of the molecule is CCC(N)COCc1cc(Cl)ccc1Cl. The number of hydrogen-bond donors (Lipinski definition) is 1. The molecule has 0 aromatic heterocycles. The Kier molecular flexibility index (Phi) is 5.40. The highest BCUT2D eigenvalue weighted by Gasteiger charge is 2.03. The van der Waals surface area contributed by atoms with Crippen LogP contribution in [0.5, 0.6) is 0 Å². The lowest BCUT2D eigenvalue weighted by Crippen LogP contribution is -2.24. The average molecular weight is 248 g/mol. The van der Waals surface area contributed by atoms with E-state index >= 15 is 0 Å². The monoisotopic (exact) mass is 247 g/mol. The Balaban J connectivity index is 2.46. The highest BCUT2D eigenvalue weighted by Crippen LogP contribution is 2.21. The van der Waals surface area contributed by atoms with Gasteiger partial charge in [0.05, 0.1) is 13.2 Å². The molecule has 0 aliphatic carbocycles. The molecule has 0 amide bonds. The van der Waals surface area contributed by atoms with Gasteiger partial charge < -0.3 is 10.5 Å². The Hall–Kier alpha value is -0.280. The van der Waals surface area contributed by atoms with Crippen LogP contribution in [0.25, 0.3) is 0 Å². The third-order valence-electron chi connectivity index (χ3n) is 2.12. The Morgan fingerprint density at radius 2 is 2.13 bits per heavy atom. The number of nitrogens with two attached hydrogens (primary N) is 1. The first kappa shape index (κ1) is 12.8. The summed E-state index contributed by atoms with van der Waals surface area (Å²) in [5, 5.41) is 1.34. The van der Waals surface area contributed by atoms with Crippen molar-refractivity contribution in [2.75, 3.05) is 6.61 Å².